The fraction of sp³-hybridized carbons (Fsp3) is 0.476. The van der Waals surface area contributed by atoms with Crippen LogP contribution in [0.5, 0.6) is 0 Å². The van der Waals surface area contributed by atoms with Crippen molar-refractivity contribution >= 4 is 0 Å². The van der Waals surface area contributed by atoms with Gasteiger partial charge >= 0.3 is 0 Å². The maximum absolute atomic E-state index is 4.58. The minimum atomic E-state index is 0.923. The van der Waals surface area contributed by atoms with E-state index < -0.39 is 0 Å². The third kappa shape index (κ3) is 4.11. The Morgan fingerprint density at radius 1 is 1.00 bits per heavy atom. The zero-order chi connectivity index (χ0) is 18.6. The summed E-state index contributed by atoms with van der Waals surface area (Å²) in [5.74, 6) is 2.24. The van der Waals surface area contributed by atoms with E-state index in [0.29, 0.717) is 0 Å². The Hall–Kier alpha value is -2.47. The van der Waals surface area contributed by atoms with E-state index in [0.717, 1.165) is 69.3 Å². The Balaban J connectivity index is 1.39. The maximum Gasteiger partial charge on any atom is 0.134 e. The lowest BCUT2D eigenvalue weighted by atomic mass is 10.1. The first-order chi connectivity index (χ1) is 13.2. The quantitative estimate of drug-likeness (QED) is 0.675. The van der Waals surface area contributed by atoms with Gasteiger partial charge in [0.25, 0.3) is 0 Å². The number of benzene rings is 1. The average Bonchev–Trinajstić information content (AvgIpc) is 3.19. The Kier molecular flexibility index (Phi) is 5.34. The zero-order valence-electron chi connectivity index (χ0n) is 16.3. The van der Waals surface area contributed by atoms with Crippen molar-refractivity contribution in [2.75, 3.05) is 13.1 Å². The summed E-state index contributed by atoms with van der Waals surface area (Å²) < 4.78 is 4.37. The van der Waals surface area contributed by atoms with Crippen LogP contribution in [0, 0.1) is 6.92 Å². The van der Waals surface area contributed by atoms with Crippen molar-refractivity contribution in [1.82, 2.24) is 29.4 Å². The van der Waals surface area contributed by atoms with Gasteiger partial charge in [-0.15, -0.1) is 10.2 Å². The number of aryl methyl sites for hydroxylation is 4. The van der Waals surface area contributed by atoms with Gasteiger partial charge in [-0.1, -0.05) is 30.3 Å². The number of hydrogen-bond donors (Lipinski definition) is 0. The van der Waals surface area contributed by atoms with Crippen LogP contribution in [0.2, 0.25) is 0 Å². The summed E-state index contributed by atoms with van der Waals surface area (Å²) in [5.41, 5.74) is 3.83. The Bertz CT molecular complexity index is 879. The van der Waals surface area contributed by atoms with Crippen molar-refractivity contribution in [2.24, 2.45) is 0 Å². The summed E-state index contributed by atoms with van der Waals surface area (Å²) in [6, 6.07) is 10.6. The summed E-state index contributed by atoms with van der Waals surface area (Å²) in [7, 11) is 0. The maximum atomic E-state index is 4.58. The molecule has 0 saturated heterocycles. The minimum absolute atomic E-state index is 0.923. The lowest BCUT2D eigenvalue weighted by molar-refractivity contribution is 0.269. The molecule has 0 radical (unpaired) electrons. The highest BCUT2D eigenvalue weighted by molar-refractivity contribution is 5.17. The van der Waals surface area contributed by atoms with Crippen LogP contribution >= 0.6 is 0 Å². The Morgan fingerprint density at radius 3 is 2.63 bits per heavy atom. The molecule has 0 saturated carbocycles. The average molecular weight is 364 g/mol. The van der Waals surface area contributed by atoms with E-state index in [9.17, 15) is 0 Å². The first-order valence-corrected chi connectivity index (χ1v) is 9.93. The molecule has 0 bridgehead atoms. The molecule has 3 heterocycles. The molecule has 4 rings (SSSR count). The molecule has 6 nitrogen and oxygen atoms in total. The van der Waals surface area contributed by atoms with Gasteiger partial charge in [0.1, 0.15) is 11.6 Å². The fourth-order valence-electron chi connectivity index (χ4n) is 3.79. The van der Waals surface area contributed by atoms with E-state index in [4.69, 9.17) is 0 Å². The predicted octanol–water partition coefficient (Wildman–Crippen LogP) is 2.65. The molecule has 142 valence electrons. The fourth-order valence-corrected chi connectivity index (χ4v) is 3.79. The van der Waals surface area contributed by atoms with Crippen molar-refractivity contribution in [3.63, 3.8) is 0 Å². The van der Waals surface area contributed by atoms with Crippen LogP contribution in [-0.2, 0) is 38.9 Å². The molecule has 0 spiro atoms. The van der Waals surface area contributed by atoms with Crippen LogP contribution < -0.4 is 0 Å². The second-order valence-corrected chi connectivity index (χ2v) is 7.29. The molecule has 1 aliphatic rings. The number of aromatic nitrogens is 5. The van der Waals surface area contributed by atoms with Crippen molar-refractivity contribution < 1.29 is 0 Å². The lowest BCUT2D eigenvalue weighted by Gasteiger charge is -2.19. The molecule has 3 aromatic rings. The Labute approximate surface area is 160 Å². The van der Waals surface area contributed by atoms with Gasteiger partial charge in [0.2, 0.25) is 0 Å². The van der Waals surface area contributed by atoms with E-state index in [1.807, 2.05) is 4.68 Å². The number of hydrogen-bond acceptors (Lipinski definition) is 4. The van der Waals surface area contributed by atoms with Gasteiger partial charge in [-0.25, -0.2) is 0 Å². The van der Waals surface area contributed by atoms with Gasteiger partial charge < -0.3 is 4.57 Å². The van der Waals surface area contributed by atoms with Gasteiger partial charge in [-0.05, 0) is 25.8 Å². The lowest BCUT2D eigenvalue weighted by Crippen LogP contribution is -2.27. The topological polar surface area (TPSA) is 51.8 Å². The summed E-state index contributed by atoms with van der Waals surface area (Å²) in [4.78, 5) is 2.51. The molecule has 0 aliphatic carbocycles. The number of nitrogens with zero attached hydrogens (tertiary/aromatic N) is 6. The molecule has 27 heavy (non-hydrogen) atoms. The molecular weight excluding hydrogens is 336 g/mol. The summed E-state index contributed by atoms with van der Waals surface area (Å²) in [5, 5.41) is 13.5. The summed E-state index contributed by atoms with van der Waals surface area (Å²) >= 11 is 0. The van der Waals surface area contributed by atoms with E-state index in [2.05, 4.69) is 75.1 Å². The molecule has 2 aromatic heterocycles. The predicted molar refractivity (Wildman–Crippen MR) is 105 cm³/mol. The third-order valence-electron chi connectivity index (χ3n) is 5.44. The molecule has 0 atom stereocenters. The van der Waals surface area contributed by atoms with E-state index in [1.165, 1.54) is 11.1 Å². The van der Waals surface area contributed by atoms with Crippen LogP contribution in [0.15, 0.2) is 36.5 Å². The van der Waals surface area contributed by atoms with Crippen LogP contribution in [-0.4, -0.2) is 42.5 Å². The summed E-state index contributed by atoms with van der Waals surface area (Å²) in [6.07, 6.45) is 5.10. The van der Waals surface area contributed by atoms with Crippen molar-refractivity contribution in [3.8, 4) is 0 Å². The SMILES string of the molecule is CCn1cc(CN2CCc3nnc(CCc4ccccc4)n3CC2)c(C)n1. The van der Waals surface area contributed by atoms with Gasteiger partial charge in [-0.3, -0.25) is 9.58 Å². The highest BCUT2D eigenvalue weighted by Crippen LogP contribution is 2.15. The molecule has 1 aromatic carbocycles. The Morgan fingerprint density at radius 2 is 1.85 bits per heavy atom. The highest BCUT2D eigenvalue weighted by Gasteiger charge is 2.19. The highest BCUT2D eigenvalue weighted by atomic mass is 15.3. The largest absolute Gasteiger partial charge is 0.314 e. The number of rotatable bonds is 6. The van der Waals surface area contributed by atoms with Crippen LogP contribution in [0.1, 0.15) is 35.4 Å². The van der Waals surface area contributed by atoms with Crippen molar-refractivity contribution in [3.05, 3.63) is 65.0 Å². The van der Waals surface area contributed by atoms with Crippen LogP contribution in [0.25, 0.3) is 0 Å². The monoisotopic (exact) mass is 364 g/mol. The van der Waals surface area contributed by atoms with Gasteiger partial charge in [0.15, 0.2) is 0 Å². The van der Waals surface area contributed by atoms with E-state index >= 15 is 0 Å². The van der Waals surface area contributed by atoms with E-state index in [1.54, 1.807) is 0 Å². The zero-order valence-corrected chi connectivity index (χ0v) is 16.3. The molecule has 0 amide bonds. The van der Waals surface area contributed by atoms with E-state index in [-0.39, 0.29) is 0 Å². The first kappa shape index (κ1) is 17.9. The van der Waals surface area contributed by atoms with Crippen LogP contribution in [0.3, 0.4) is 0 Å². The molecule has 0 unspecified atom stereocenters. The smallest absolute Gasteiger partial charge is 0.134 e. The second kappa shape index (κ2) is 8.05. The molecular formula is C21H28N6. The summed E-state index contributed by atoms with van der Waals surface area (Å²) in [6.45, 7) is 9.14. The minimum Gasteiger partial charge on any atom is -0.314 e. The van der Waals surface area contributed by atoms with Crippen molar-refractivity contribution in [1.29, 1.82) is 0 Å². The third-order valence-corrected chi connectivity index (χ3v) is 5.44. The molecule has 6 heteroatoms. The number of fused-ring (bicyclic) bond motifs is 1. The first-order valence-electron chi connectivity index (χ1n) is 9.93. The van der Waals surface area contributed by atoms with Crippen LogP contribution in [0.4, 0.5) is 0 Å². The standard InChI is InChI=1S/C21H28N6/c1-3-26-16-19(17(2)24-26)15-25-12-11-21-23-22-20(27(21)14-13-25)10-9-18-7-5-4-6-8-18/h4-8,16H,3,9-15H2,1-2H3. The van der Waals surface area contributed by atoms with Crippen molar-refractivity contribution in [2.45, 2.75) is 52.7 Å². The molecule has 0 fully saturated rings. The van der Waals surface area contributed by atoms with Gasteiger partial charge in [0.05, 0.1) is 5.69 Å². The van der Waals surface area contributed by atoms with Gasteiger partial charge in [-0.2, -0.15) is 5.10 Å². The molecule has 1 aliphatic heterocycles. The molecule has 0 N–H and O–H groups in total. The second-order valence-electron chi connectivity index (χ2n) is 7.29. The van der Waals surface area contributed by atoms with Gasteiger partial charge in [0, 0.05) is 57.3 Å². The normalized spacial score (nSPS) is 14.9.